The Bertz CT molecular complexity index is 444. The van der Waals surface area contributed by atoms with Crippen molar-refractivity contribution in [2.75, 3.05) is 7.05 Å². The Balaban J connectivity index is 0.00000144. The Hall–Kier alpha value is -1.10. The van der Waals surface area contributed by atoms with Crippen molar-refractivity contribution in [3.05, 3.63) is 60.2 Å². The fourth-order valence-electron chi connectivity index (χ4n) is 1.63. The summed E-state index contributed by atoms with van der Waals surface area (Å²) in [7, 11) is 2.06. The summed E-state index contributed by atoms with van der Waals surface area (Å²) in [6.45, 7) is 3.15. The van der Waals surface area contributed by atoms with Gasteiger partial charge in [0.1, 0.15) is 6.54 Å². The zero-order valence-electron chi connectivity index (χ0n) is 10.2. The van der Waals surface area contributed by atoms with Crippen LogP contribution in [0.4, 0.5) is 0 Å². The molecule has 0 aromatic carbocycles. The van der Waals surface area contributed by atoms with E-state index in [0.29, 0.717) is 0 Å². The summed E-state index contributed by atoms with van der Waals surface area (Å²) in [5, 5.41) is 0. The minimum Gasteiger partial charge on any atom is -1.00 e. The van der Waals surface area contributed by atoms with Crippen molar-refractivity contribution in [1.82, 2.24) is 4.90 Å². The van der Waals surface area contributed by atoms with Gasteiger partial charge in [-0.2, -0.15) is 0 Å². The van der Waals surface area contributed by atoms with E-state index in [0.717, 1.165) is 6.54 Å². The molecule has 0 N–H and O–H groups in total. The van der Waals surface area contributed by atoms with Gasteiger partial charge >= 0.3 is 0 Å². The van der Waals surface area contributed by atoms with E-state index in [2.05, 4.69) is 72.4 Å². The van der Waals surface area contributed by atoms with Crippen LogP contribution < -0.4 is 28.5 Å². The second-order valence-electron chi connectivity index (χ2n) is 3.84. The molecule has 1 aromatic rings. The topological polar surface area (TPSA) is 7.12 Å². The molecule has 0 spiro atoms. The van der Waals surface area contributed by atoms with E-state index in [1.165, 1.54) is 11.3 Å². The second-order valence-corrected chi connectivity index (χ2v) is 3.84. The molecule has 17 heavy (non-hydrogen) atoms. The van der Waals surface area contributed by atoms with Crippen LogP contribution >= 0.6 is 0 Å². The van der Waals surface area contributed by atoms with Crippen molar-refractivity contribution in [2.24, 2.45) is 0 Å². The first-order chi connectivity index (χ1) is 7.79. The lowest BCUT2D eigenvalue weighted by Gasteiger charge is -2.17. The molecule has 0 radical (unpaired) electrons. The van der Waals surface area contributed by atoms with Gasteiger partial charge < -0.3 is 28.9 Å². The van der Waals surface area contributed by atoms with Crippen LogP contribution in [0, 0.1) is 0 Å². The molecule has 0 unspecified atom stereocenters. The number of nitrogens with zero attached hydrogens (tertiary/aromatic N) is 2. The third-order valence-electron chi connectivity index (χ3n) is 2.69. The van der Waals surface area contributed by atoms with E-state index in [9.17, 15) is 0 Å². The van der Waals surface area contributed by atoms with Crippen LogP contribution in [0.1, 0.15) is 12.5 Å². The number of likely N-dealkylation sites (N-methyl/N-ethyl adjacent to an activating group) is 1. The van der Waals surface area contributed by atoms with Crippen LogP contribution in [-0.4, -0.2) is 11.9 Å². The van der Waals surface area contributed by atoms with E-state index < -0.39 is 0 Å². The summed E-state index contributed by atoms with van der Waals surface area (Å²) >= 11 is 0. The molecule has 0 fully saturated rings. The van der Waals surface area contributed by atoms with Crippen LogP contribution in [0.5, 0.6) is 0 Å². The quantitative estimate of drug-likeness (QED) is 0.513. The zero-order valence-corrected chi connectivity index (χ0v) is 12.3. The number of allylic oxidation sites excluding steroid dienone is 3. The van der Waals surface area contributed by atoms with Gasteiger partial charge in [0, 0.05) is 31.1 Å². The Morgan fingerprint density at radius 2 is 1.94 bits per heavy atom. The largest absolute Gasteiger partial charge is 1.00 e. The predicted molar refractivity (Wildman–Crippen MR) is 66.3 cm³/mol. The summed E-state index contributed by atoms with van der Waals surface area (Å²) in [4.78, 5) is 2.11. The lowest BCUT2D eigenvalue weighted by Crippen LogP contribution is -3.00. The molecule has 0 aliphatic carbocycles. The second kappa shape index (κ2) is 6.59. The number of aryl methyl sites for hydroxylation is 1. The molecule has 3 heteroatoms. The fraction of sp³-hybridized carbons (Fsp3) is 0.214. The minimum absolute atomic E-state index is 0. The summed E-state index contributed by atoms with van der Waals surface area (Å²) in [6, 6.07) is 4.27. The normalized spacial score (nSPS) is 16.1. The number of halogens is 1. The number of rotatable bonds is 2. The van der Waals surface area contributed by atoms with Crippen LogP contribution in [0.15, 0.2) is 54.7 Å². The molecular formula is C14H17IN2. The molecule has 2 nitrogen and oxygen atoms in total. The van der Waals surface area contributed by atoms with E-state index in [1.807, 2.05) is 6.08 Å². The van der Waals surface area contributed by atoms with Gasteiger partial charge in [0.25, 0.3) is 0 Å². The molecule has 0 atom stereocenters. The number of hydrogen-bond acceptors (Lipinski definition) is 1. The summed E-state index contributed by atoms with van der Waals surface area (Å²) in [5.74, 6) is 0. The lowest BCUT2D eigenvalue weighted by molar-refractivity contribution is -0.693. The van der Waals surface area contributed by atoms with E-state index >= 15 is 0 Å². The smallest absolute Gasteiger partial charge is 0.169 e. The minimum atomic E-state index is 0. The van der Waals surface area contributed by atoms with Crippen molar-refractivity contribution in [1.29, 1.82) is 0 Å². The maximum atomic E-state index is 2.18. The third-order valence-corrected chi connectivity index (χ3v) is 2.69. The highest BCUT2D eigenvalue weighted by Gasteiger charge is 2.02. The van der Waals surface area contributed by atoms with E-state index in [1.54, 1.807) is 0 Å². The van der Waals surface area contributed by atoms with Gasteiger partial charge in [0.15, 0.2) is 12.4 Å². The Labute approximate surface area is 120 Å². The highest BCUT2D eigenvalue weighted by molar-refractivity contribution is 5.55. The van der Waals surface area contributed by atoms with Gasteiger partial charge in [0.05, 0.1) is 0 Å². The zero-order chi connectivity index (χ0) is 11.4. The number of pyridine rings is 1. The molecule has 2 rings (SSSR count). The monoisotopic (exact) mass is 340 g/mol. The highest BCUT2D eigenvalue weighted by atomic mass is 127. The first-order valence-electron chi connectivity index (χ1n) is 5.58. The van der Waals surface area contributed by atoms with Gasteiger partial charge in [-0.25, -0.2) is 4.57 Å². The third kappa shape index (κ3) is 3.70. The molecule has 1 aromatic heterocycles. The molecular weight excluding hydrogens is 323 g/mol. The maximum absolute atomic E-state index is 2.18. The lowest BCUT2D eigenvalue weighted by atomic mass is 10.2. The van der Waals surface area contributed by atoms with Gasteiger partial charge in [-0.3, -0.25) is 0 Å². The molecule has 1 aliphatic heterocycles. The van der Waals surface area contributed by atoms with Gasteiger partial charge in [-0.1, -0.05) is 6.08 Å². The molecule has 1 aliphatic rings. The Kier molecular flexibility index (Phi) is 5.41. The highest BCUT2D eigenvalue weighted by Crippen LogP contribution is 2.13. The average Bonchev–Trinajstić information content (AvgIpc) is 2.33. The van der Waals surface area contributed by atoms with Crippen LogP contribution in [-0.2, 0) is 6.54 Å². The van der Waals surface area contributed by atoms with Crippen molar-refractivity contribution in [2.45, 2.75) is 13.5 Å². The number of hydrogen-bond donors (Lipinski definition) is 0. The van der Waals surface area contributed by atoms with Gasteiger partial charge in [0.2, 0.25) is 0 Å². The molecule has 0 saturated carbocycles. The van der Waals surface area contributed by atoms with E-state index in [4.69, 9.17) is 0 Å². The summed E-state index contributed by atoms with van der Waals surface area (Å²) in [6.07, 6.45) is 14.7. The Morgan fingerprint density at radius 1 is 1.24 bits per heavy atom. The van der Waals surface area contributed by atoms with Crippen molar-refractivity contribution in [3.8, 4) is 0 Å². The maximum Gasteiger partial charge on any atom is 0.169 e. The molecule has 0 bridgehead atoms. The molecule has 0 saturated heterocycles. The van der Waals surface area contributed by atoms with E-state index in [-0.39, 0.29) is 24.0 Å². The molecule has 0 amide bonds. The SMILES string of the molecule is CC[n+]1ccc(/C=C2\C=CC=CN2C)cc1.[I-]. The van der Waals surface area contributed by atoms with Crippen molar-refractivity contribution in [3.63, 3.8) is 0 Å². The van der Waals surface area contributed by atoms with Crippen LogP contribution in [0.3, 0.4) is 0 Å². The Morgan fingerprint density at radius 3 is 2.53 bits per heavy atom. The van der Waals surface area contributed by atoms with Crippen molar-refractivity contribution < 1.29 is 28.5 Å². The van der Waals surface area contributed by atoms with Crippen LogP contribution in [0.25, 0.3) is 6.08 Å². The van der Waals surface area contributed by atoms with Gasteiger partial charge in [-0.05, 0) is 30.7 Å². The standard InChI is InChI=1S/C14H17N2.HI/c1-3-16-10-7-13(8-11-16)12-14-6-4-5-9-15(14)2;/h4-12H,3H2,1-2H3;1H/q+1;/p-1. The number of aromatic nitrogens is 1. The first kappa shape index (κ1) is 14.0. The van der Waals surface area contributed by atoms with Crippen molar-refractivity contribution >= 4 is 6.08 Å². The summed E-state index contributed by atoms with van der Waals surface area (Å²) < 4.78 is 2.16. The van der Waals surface area contributed by atoms with Crippen LogP contribution in [0.2, 0.25) is 0 Å². The predicted octanol–water partition coefficient (Wildman–Crippen LogP) is -0.646. The van der Waals surface area contributed by atoms with Gasteiger partial charge in [-0.15, -0.1) is 0 Å². The molecule has 2 heterocycles. The first-order valence-corrected chi connectivity index (χ1v) is 5.58. The fourth-order valence-corrected chi connectivity index (χ4v) is 1.63. The summed E-state index contributed by atoms with van der Waals surface area (Å²) in [5.41, 5.74) is 2.43. The average molecular weight is 340 g/mol. The molecule has 90 valence electrons.